The molecule has 1 fully saturated rings. The first-order valence-corrected chi connectivity index (χ1v) is 7.51. The van der Waals surface area contributed by atoms with Crippen molar-refractivity contribution in [1.29, 1.82) is 0 Å². The Morgan fingerprint density at radius 1 is 1.33 bits per heavy atom. The molecule has 18 heavy (non-hydrogen) atoms. The molecule has 4 nitrogen and oxygen atoms in total. The van der Waals surface area contributed by atoms with E-state index in [0.717, 1.165) is 24.0 Å². The maximum Gasteiger partial charge on any atom is 0.202 e. The third-order valence-corrected chi connectivity index (χ3v) is 4.48. The molecule has 0 atom stereocenters. The van der Waals surface area contributed by atoms with Crippen molar-refractivity contribution >= 4 is 16.7 Å². The molecule has 0 amide bonds. The number of hydrogen-bond donors (Lipinski definition) is 2. The SMILES string of the molecule is CC(C)(C)c1nsc(NCC2(CN)CCCC2)n1. The van der Waals surface area contributed by atoms with Gasteiger partial charge >= 0.3 is 0 Å². The molecule has 1 saturated carbocycles. The smallest absolute Gasteiger partial charge is 0.202 e. The Morgan fingerprint density at radius 3 is 2.50 bits per heavy atom. The highest BCUT2D eigenvalue weighted by Crippen LogP contribution is 2.37. The summed E-state index contributed by atoms with van der Waals surface area (Å²) in [5, 5.41) is 4.37. The maximum absolute atomic E-state index is 5.93. The number of nitrogens with two attached hydrogens (primary N) is 1. The van der Waals surface area contributed by atoms with Gasteiger partial charge in [0.05, 0.1) is 0 Å². The lowest BCUT2D eigenvalue weighted by atomic mass is 9.86. The highest BCUT2D eigenvalue weighted by molar-refractivity contribution is 7.09. The van der Waals surface area contributed by atoms with E-state index in [1.54, 1.807) is 0 Å². The summed E-state index contributed by atoms with van der Waals surface area (Å²) >= 11 is 1.46. The molecule has 0 radical (unpaired) electrons. The molecule has 2 rings (SSSR count). The van der Waals surface area contributed by atoms with Gasteiger partial charge in [0.15, 0.2) is 0 Å². The van der Waals surface area contributed by atoms with Crippen LogP contribution in [0.25, 0.3) is 0 Å². The molecule has 5 heteroatoms. The molecule has 1 aromatic heterocycles. The number of anilines is 1. The van der Waals surface area contributed by atoms with Crippen molar-refractivity contribution in [3.8, 4) is 0 Å². The molecule has 0 aromatic carbocycles. The van der Waals surface area contributed by atoms with Gasteiger partial charge in [0.25, 0.3) is 0 Å². The Bertz CT molecular complexity index is 388. The van der Waals surface area contributed by atoms with Gasteiger partial charge in [0.1, 0.15) is 5.82 Å². The summed E-state index contributed by atoms with van der Waals surface area (Å²) in [5.41, 5.74) is 6.24. The molecule has 0 unspecified atom stereocenters. The van der Waals surface area contributed by atoms with E-state index in [4.69, 9.17) is 5.73 Å². The Labute approximate surface area is 114 Å². The molecule has 0 spiro atoms. The van der Waals surface area contributed by atoms with Crippen LogP contribution in [0.2, 0.25) is 0 Å². The van der Waals surface area contributed by atoms with Crippen LogP contribution in [0, 0.1) is 5.41 Å². The predicted octanol–water partition coefficient (Wildman–Crippen LogP) is 2.77. The van der Waals surface area contributed by atoms with Crippen LogP contribution in [-0.2, 0) is 5.41 Å². The van der Waals surface area contributed by atoms with Gasteiger partial charge in [-0.25, -0.2) is 4.98 Å². The largest absolute Gasteiger partial charge is 0.360 e. The molecule has 102 valence electrons. The van der Waals surface area contributed by atoms with Crippen molar-refractivity contribution in [3.63, 3.8) is 0 Å². The summed E-state index contributed by atoms with van der Waals surface area (Å²) in [5.74, 6) is 0.920. The minimum atomic E-state index is 0.0232. The standard InChI is InChI=1S/C13H24N4S/c1-12(2,3)10-16-11(18-17-10)15-9-13(8-14)6-4-5-7-13/h4-9,14H2,1-3H3,(H,15,16,17). The second kappa shape index (κ2) is 5.13. The van der Waals surface area contributed by atoms with E-state index in [9.17, 15) is 0 Å². The molecule has 1 aliphatic rings. The maximum atomic E-state index is 5.93. The van der Waals surface area contributed by atoms with Crippen molar-refractivity contribution in [3.05, 3.63) is 5.82 Å². The summed E-state index contributed by atoms with van der Waals surface area (Å²) in [6, 6.07) is 0. The first kappa shape index (κ1) is 13.7. The van der Waals surface area contributed by atoms with E-state index >= 15 is 0 Å². The lowest BCUT2D eigenvalue weighted by molar-refractivity contribution is 0.332. The van der Waals surface area contributed by atoms with Crippen LogP contribution in [0.4, 0.5) is 5.13 Å². The minimum absolute atomic E-state index is 0.0232. The van der Waals surface area contributed by atoms with Crippen molar-refractivity contribution in [2.24, 2.45) is 11.1 Å². The zero-order chi connectivity index (χ0) is 13.2. The lowest BCUT2D eigenvalue weighted by Crippen LogP contribution is -2.34. The van der Waals surface area contributed by atoms with E-state index in [0.29, 0.717) is 0 Å². The third kappa shape index (κ3) is 3.01. The van der Waals surface area contributed by atoms with Crippen molar-refractivity contribution in [2.45, 2.75) is 51.9 Å². The van der Waals surface area contributed by atoms with Gasteiger partial charge in [-0.1, -0.05) is 33.6 Å². The number of nitrogens with zero attached hydrogens (tertiary/aromatic N) is 2. The summed E-state index contributed by atoms with van der Waals surface area (Å²) < 4.78 is 4.42. The normalized spacial score (nSPS) is 19.1. The zero-order valence-electron chi connectivity index (χ0n) is 11.6. The number of hydrogen-bond acceptors (Lipinski definition) is 5. The van der Waals surface area contributed by atoms with E-state index in [1.165, 1.54) is 37.2 Å². The average molecular weight is 268 g/mol. The predicted molar refractivity (Wildman–Crippen MR) is 77.1 cm³/mol. The molecule has 1 heterocycles. The molecule has 1 aliphatic carbocycles. The first-order valence-electron chi connectivity index (χ1n) is 6.73. The molecular weight excluding hydrogens is 244 g/mol. The van der Waals surface area contributed by atoms with Crippen molar-refractivity contribution < 1.29 is 0 Å². The summed E-state index contributed by atoms with van der Waals surface area (Å²) in [4.78, 5) is 4.56. The molecule has 3 N–H and O–H groups in total. The molecule has 0 aliphatic heterocycles. The summed E-state index contributed by atoms with van der Waals surface area (Å²) in [6.45, 7) is 8.11. The van der Waals surface area contributed by atoms with E-state index in [2.05, 4.69) is 35.4 Å². The van der Waals surface area contributed by atoms with Crippen LogP contribution in [0.15, 0.2) is 0 Å². The average Bonchev–Trinajstić information content (AvgIpc) is 2.96. The van der Waals surface area contributed by atoms with Gasteiger partial charge in [-0.3, -0.25) is 0 Å². The summed E-state index contributed by atoms with van der Waals surface area (Å²) in [6.07, 6.45) is 5.09. The van der Waals surface area contributed by atoms with Crippen LogP contribution >= 0.6 is 11.5 Å². The Kier molecular flexibility index (Phi) is 3.92. The third-order valence-electron chi connectivity index (χ3n) is 3.81. The molecule has 0 bridgehead atoms. The highest BCUT2D eigenvalue weighted by atomic mass is 32.1. The molecule has 1 aromatic rings. The van der Waals surface area contributed by atoms with E-state index < -0.39 is 0 Å². The molecule has 0 saturated heterocycles. The number of aromatic nitrogens is 2. The highest BCUT2D eigenvalue weighted by Gasteiger charge is 2.32. The van der Waals surface area contributed by atoms with Crippen LogP contribution in [0.5, 0.6) is 0 Å². The summed E-state index contributed by atoms with van der Waals surface area (Å²) in [7, 11) is 0. The zero-order valence-corrected chi connectivity index (χ0v) is 12.4. The molecular formula is C13H24N4S. The van der Waals surface area contributed by atoms with E-state index in [-0.39, 0.29) is 10.8 Å². The second-order valence-corrected chi connectivity index (χ2v) is 7.19. The van der Waals surface area contributed by atoms with Gasteiger partial charge in [-0.2, -0.15) is 4.37 Å². The lowest BCUT2D eigenvalue weighted by Gasteiger charge is -2.27. The van der Waals surface area contributed by atoms with Gasteiger partial charge in [-0.15, -0.1) is 0 Å². The van der Waals surface area contributed by atoms with Crippen LogP contribution in [0.3, 0.4) is 0 Å². The van der Waals surface area contributed by atoms with E-state index in [1.807, 2.05) is 0 Å². The Morgan fingerprint density at radius 2 is 2.00 bits per heavy atom. The number of nitrogens with one attached hydrogen (secondary N) is 1. The fourth-order valence-corrected chi connectivity index (χ4v) is 3.19. The fourth-order valence-electron chi connectivity index (χ4n) is 2.44. The van der Waals surface area contributed by atoms with Gasteiger partial charge < -0.3 is 11.1 Å². The number of rotatable bonds is 4. The first-order chi connectivity index (χ1) is 8.45. The van der Waals surface area contributed by atoms with Crippen molar-refractivity contribution in [2.75, 3.05) is 18.4 Å². The Hall–Kier alpha value is -0.680. The van der Waals surface area contributed by atoms with Gasteiger partial charge in [0, 0.05) is 23.5 Å². The second-order valence-electron chi connectivity index (χ2n) is 6.44. The fraction of sp³-hybridized carbons (Fsp3) is 0.846. The van der Waals surface area contributed by atoms with Gasteiger partial charge in [0.2, 0.25) is 5.13 Å². The Balaban J connectivity index is 1.96. The monoisotopic (exact) mass is 268 g/mol. The van der Waals surface area contributed by atoms with Gasteiger partial charge in [-0.05, 0) is 24.8 Å². The minimum Gasteiger partial charge on any atom is -0.360 e. The quantitative estimate of drug-likeness (QED) is 0.881. The topological polar surface area (TPSA) is 63.8 Å². The van der Waals surface area contributed by atoms with Crippen LogP contribution in [-0.4, -0.2) is 22.4 Å². The van der Waals surface area contributed by atoms with Crippen molar-refractivity contribution in [1.82, 2.24) is 9.36 Å². The van der Waals surface area contributed by atoms with Crippen LogP contribution in [0.1, 0.15) is 52.3 Å². The van der Waals surface area contributed by atoms with Crippen LogP contribution < -0.4 is 11.1 Å².